The third kappa shape index (κ3) is 2.93. The van der Waals surface area contributed by atoms with Gasteiger partial charge in [-0.3, -0.25) is 0 Å². The molecule has 1 aromatic carbocycles. The van der Waals surface area contributed by atoms with E-state index in [1.165, 1.54) is 6.08 Å². The molecule has 4 nitrogen and oxygen atoms in total. The molecule has 1 aliphatic rings. The van der Waals surface area contributed by atoms with E-state index in [9.17, 15) is 9.00 Å². The van der Waals surface area contributed by atoms with Gasteiger partial charge in [-0.05, 0) is 25.5 Å². The molecule has 0 saturated heterocycles. The van der Waals surface area contributed by atoms with Crippen molar-refractivity contribution in [1.82, 2.24) is 0 Å². The highest BCUT2D eigenvalue weighted by molar-refractivity contribution is 7.89. The molecule has 0 aliphatic carbocycles. The molecule has 1 unspecified atom stereocenters. The van der Waals surface area contributed by atoms with E-state index in [0.717, 1.165) is 30.0 Å². The zero-order valence-corrected chi connectivity index (χ0v) is 12.6. The first-order valence-corrected chi connectivity index (χ1v) is 8.00. The van der Waals surface area contributed by atoms with Gasteiger partial charge in [0.15, 0.2) is 0 Å². The van der Waals surface area contributed by atoms with Gasteiger partial charge < -0.3 is 9.64 Å². The Morgan fingerprint density at radius 2 is 2.10 bits per heavy atom. The Labute approximate surface area is 121 Å². The van der Waals surface area contributed by atoms with Crippen LogP contribution in [0.5, 0.6) is 0 Å². The summed E-state index contributed by atoms with van der Waals surface area (Å²) in [7, 11) is -1.31. The molecule has 0 amide bonds. The van der Waals surface area contributed by atoms with E-state index in [4.69, 9.17) is 4.74 Å². The fourth-order valence-electron chi connectivity index (χ4n) is 2.13. The molecule has 0 fully saturated rings. The highest BCUT2D eigenvalue weighted by Gasteiger charge is 2.31. The van der Waals surface area contributed by atoms with Crippen molar-refractivity contribution in [3.05, 3.63) is 35.4 Å². The number of benzene rings is 1. The number of hydrogen-bond acceptors (Lipinski definition) is 4. The zero-order valence-electron chi connectivity index (χ0n) is 11.8. The molecule has 0 aromatic heterocycles. The quantitative estimate of drug-likeness (QED) is 0.618. The van der Waals surface area contributed by atoms with E-state index in [1.54, 1.807) is 6.92 Å². The Morgan fingerprint density at radius 1 is 1.35 bits per heavy atom. The Kier molecular flexibility index (Phi) is 4.95. The first-order chi connectivity index (χ1) is 9.69. The van der Waals surface area contributed by atoms with Crippen molar-refractivity contribution in [2.45, 2.75) is 31.6 Å². The van der Waals surface area contributed by atoms with Crippen LogP contribution in [0.3, 0.4) is 0 Å². The standard InChI is InChI=1S/C15H19NO3S/c1-3-5-10-16-12-8-6-7-9-13(12)20(18)14(16)11-15(17)19-4-2/h6-9,11H,3-5,10H2,1-2H3/b14-11-. The van der Waals surface area contributed by atoms with Gasteiger partial charge in [0, 0.05) is 6.54 Å². The average Bonchev–Trinajstić information content (AvgIpc) is 2.71. The number of para-hydroxylation sites is 1. The number of ether oxygens (including phenoxy) is 1. The average molecular weight is 293 g/mol. The Bertz CT molecular complexity index is 554. The molecular formula is C15H19NO3S. The normalized spacial score (nSPS) is 19.2. The van der Waals surface area contributed by atoms with Gasteiger partial charge >= 0.3 is 5.97 Å². The smallest absolute Gasteiger partial charge is 0.333 e. The lowest BCUT2D eigenvalue weighted by molar-refractivity contribution is -0.137. The van der Waals surface area contributed by atoms with Gasteiger partial charge in [0.05, 0.1) is 23.3 Å². The number of rotatable bonds is 5. The number of hydrogen-bond donors (Lipinski definition) is 0. The lowest BCUT2D eigenvalue weighted by Crippen LogP contribution is -2.22. The minimum Gasteiger partial charge on any atom is -0.463 e. The molecule has 0 radical (unpaired) electrons. The van der Waals surface area contributed by atoms with E-state index in [1.807, 2.05) is 29.2 Å². The third-order valence-corrected chi connectivity index (χ3v) is 4.54. The number of carbonyl (C=O) groups is 1. The summed E-state index contributed by atoms with van der Waals surface area (Å²) in [6, 6.07) is 7.57. The van der Waals surface area contributed by atoms with E-state index in [-0.39, 0.29) is 0 Å². The van der Waals surface area contributed by atoms with E-state index >= 15 is 0 Å². The molecular weight excluding hydrogens is 274 g/mol. The van der Waals surface area contributed by atoms with Crippen molar-refractivity contribution < 1.29 is 13.7 Å². The highest BCUT2D eigenvalue weighted by atomic mass is 32.2. The number of carbonyl (C=O) groups excluding carboxylic acids is 1. The fraction of sp³-hybridized carbons (Fsp3) is 0.400. The largest absolute Gasteiger partial charge is 0.463 e. The van der Waals surface area contributed by atoms with Crippen LogP contribution >= 0.6 is 0 Å². The minimum atomic E-state index is -1.31. The molecule has 108 valence electrons. The van der Waals surface area contributed by atoms with Gasteiger partial charge in [-0.2, -0.15) is 0 Å². The number of anilines is 1. The lowest BCUT2D eigenvalue weighted by atomic mass is 10.2. The Hall–Kier alpha value is -1.62. The van der Waals surface area contributed by atoms with Gasteiger partial charge in [0.25, 0.3) is 0 Å². The van der Waals surface area contributed by atoms with Crippen LogP contribution in [0.25, 0.3) is 0 Å². The van der Waals surface area contributed by atoms with Crippen LogP contribution in [0.1, 0.15) is 26.7 Å². The molecule has 1 heterocycles. The van der Waals surface area contributed by atoms with Gasteiger partial charge in [0.1, 0.15) is 15.8 Å². The molecule has 0 bridgehead atoms. The summed E-state index contributed by atoms with van der Waals surface area (Å²) in [5.41, 5.74) is 0.926. The van der Waals surface area contributed by atoms with Crippen LogP contribution in [0, 0.1) is 0 Å². The third-order valence-electron chi connectivity index (χ3n) is 3.07. The summed E-state index contributed by atoms with van der Waals surface area (Å²) < 4.78 is 17.4. The molecule has 20 heavy (non-hydrogen) atoms. The van der Waals surface area contributed by atoms with Crippen molar-refractivity contribution in [3.63, 3.8) is 0 Å². The highest BCUT2D eigenvalue weighted by Crippen LogP contribution is 2.38. The second-order valence-corrected chi connectivity index (χ2v) is 5.87. The maximum atomic E-state index is 12.5. The lowest BCUT2D eigenvalue weighted by Gasteiger charge is -2.19. The molecule has 0 spiro atoms. The van der Waals surface area contributed by atoms with Crippen molar-refractivity contribution >= 4 is 22.5 Å². The zero-order chi connectivity index (χ0) is 14.5. The number of nitrogens with zero attached hydrogens (tertiary/aromatic N) is 1. The van der Waals surface area contributed by atoms with Crippen LogP contribution in [-0.4, -0.2) is 23.3 Å². The monoisotopic (exact) mass is 293 g/mol. The molecule has 0 N–H and O–H groups in total. The van der Waals surface area contributed by atoms with Crippen molar-refractivity contribution in [3.8, 4) is 0 Å². The second-order valence-electron chi connectivity index (χ2n) is 4.48. The second kappa shape index (κ2) is 6.70. The van der Waals surface area contributed by atoms with Crippen molar-refractivity contribution in [1.29, 1.82) is 0 Å². The summed E-state index contributed by atoms with van der Waals surface area (Å²) in [6.45, 7) is 4.93. The van der Waals surface area contributed by atoms with Gasteiger partial charge in [-0.25, -0.2) is 9.00 Å². The van der Waals surface area contributed by atoms with E-state index in [0.29, 0.717) is 11.6 Å². The molecule has 5 heteroatoms. The van der Waals surface area contributed by atoms with Crippen LogP contribution in [0.15, 0.2) is 40.3 Å². The number of esters is 1. The SMILES string of the molecule is CCCCN1/C(=C/C(=O)OCC)S(=O)c2ccccc21. The molecule has 1 aromatic rings. The Morgan fingerprint density at radius 3 is 2.80 bits per heavy atom. The Balaban J connectivity index is 2.35. The van der Waals surface area contributed by atoms with Gasteiger partial charge in [0.2, 0.25) is 0 Å². The predicted octanol–water partition coefficient (Wildman–Crippen LogP) is 2.82. The van der Waals surface area contributed by atoms with E-state index < -0.39 is 16.8 Å². The maximum absolute atomic E-state index is 12.5. The summed E-state index contributed by atoms with van der Waals surface area (Å²) >= 11 is 0. The topological polar surface area (TPSA) is 46.6 Å². The molecule has 1 aliphatic heterocycles. The van der Waals surface area contributed by atoms with Crippen LogP contribution < -0.4 is 4.90 Å². The summed E-state index contributed by atoms with van der Waals surface area (Å²) in [5.74, 6) is -0.440. The molecule has 1 atom stereocenters. The van der Waals surface area contributed by atoms with Crippen LogP contribution in [0.2, 0.25) is 0 Å². The number of unbranched alkanes of at least 4 members (excludes halogenated alkanes) is 1. The first-order valence-electron chi connectivity index (χ1n) is 6.85. The fourth-order valence-corrected chi connectivity index (χ4v) is 3.52. The van der Waals surface area contributed by atoms with Crippen molar-refractivity contribution in [2.24, 2.45) is 0 Å². The number of fused-ring (bicyclic) bond motifs is 1. The minimum absolute atomic E-state index is 0.317. The van der Waals surface area contributed by atoms with Crippen molar-refractivity contribution in [2.75, 3.05) is 18.1 Å². The summed E-state index contributed by atoms with van der Waals surface area (Å²) in [4.78, 5) is 14.4. The van der Waals surface area contributed by atoms with Gasteiger partial charge in [-0.15, -0.1) is 0 Å². The van der Waals surface area contributed by atoms with Crippen LogP contribution in [0.4, 0.5) is 5.69 Å². The summed E-state index contributed by atoms with van der Waals surface area (Å²) in [5, 5.41) is 0.526. The summed E-state index contributed by atoms with van der Waals surface area (Å²) in [6.07, 6.45) is 3.37. The predicted molar refractivity (Wildman–Crippen MR) is 79.8 cm³/mol. The molecule has 2 rings (SSSR count). The first kappa shape index (κ1) is 14.8. The van der Waals surface area contributed by atoms with E-state index in [2.05, 4.69) is 6.92 Å². The maximum Gasteiger partial charge on any atom is 0.333 e. The van der Waals surface area contributed by atoms with Crippen LogP contribution in [-0.2, 0) is 20.3 Å². The van der Waals surface area contributed by atoms with Gasteiger partial charge in [-0.1, -0.05) is 25.5 Å². The molecule has 0 saturated carbocycles.